The van der Waals surface area contributed by atoms with Crippen molar-refractivity contribution in [3.8, 4) is 5.75 Å². The van der Waals surface area contributed by atoms with Gasteiger partial charge in [0.2, 0.25) is 0 Å². The highest BCUT2D eigenvalue weighted by Crippen LogP contribution is 2.16. The molecule has 0 aliphatic rings. The van der Waals surface area contributed by atoms with Crippen molar-refractivity contribution >= 4 is 0 Å². The molecule has 0 radical (unpaired) electrons. The van der Waals surface area contributed by atoms with Gasteiger partial charge in [-0.2, -0.15) is 0 Å². The number of aliphatic hydroxyl groups is 1. The van der Waals surface area contributed by atoms with E-state index in [4.69, 9.17) is 9.84 Å². The van der Waals surface area contributed by atoms with E-state index < -0.39 is 0 Å². The molecule has 0 unspecified atom stereocenters. The number of rotatable bonds is 8. The first-order valence-electron chi connectivity index (χ1n) is 5.95. The molecule has 0 fully saturated rings. The molecule has 1 rings (SSSR count). The van der Waals surface area contributed by atoms with Gasteiger partial charge in [-0.1, -0.05) is 18.2 Å². The zero-order valence-corrected chi connectivity index (χ0v) is 10.6. The van der Waals surface area contributed by atoms with E-state index in [0.717, 1.165) is 30.9 Å². The molecule has 0 saturated heterocycles. The maximum absolute atomic E-state index is 9.06. The minimum absolute atomic E-state index is 0.288. The lowest BCUT2D eigenvalue weighted by molar-refractivity contribution is 0.191. The van der Waals surface area contributed by atoms with Crippen molar-refractivity contribution in [2.75, 3.05) is 26.7 Å². The molecule has 0 aromatic heterocycles. The van der Waals surface area contributed by atoms with Gasteiger partial charge in [0.1, 0.15) is 5.75 Å². The van der Waals surface area contributed by atoms with Crippen molar-refractivity contribution in [3.63, 3.8) is 0 Å². The highest BCUT2D eigenvalue weighted by Gasteiger charge is 2.00. The van der Waals surface area contributed by atoms with Gasteiger partial charge in [0, 0.05) is 31.7 Å². The second-order valence-electron chi connectivity index (χ2n) is 4.04. The van der Waals surface area contributed by atoms with Gasteiger partial charge in [0.25, 0.3) is 0 Å². The van der Waals surface area contributed by atoms with E-state index in [1.807, 2.05) is 18.2 Å². The second-order valence-corrected chi connectivity index (χ2v) is 4.04. The zero-order valence-electron chi connectivity index (χ0n) is 10.6. The fourth-order valence-electron chi connectivity index (χ4n) is 1.56. The summed E-state index contributed by atoms with van der Waals surface area (Å²) < 4.78 is 5.27. The van der Waals surface area contributed by atoms with Gasteiger partial charge in [0.05, 0.1) is 13.2 Å². The van der Waals surface area contributed by atoms with Crippen LogP contribution in [-0.2, 0) is 6.54 Å². The first kappa shape index (κ1) is 14.0. The van der Waals surface area contributed by atoms with E-state index >= 15 is 0 Å². The first-order chi connectivity index (χ1) is 8.24. The topological polar surface area (TPSA) is 53.5 Å². The zero-order chi connectivity index (χ0) is 12.5. The summed E-state index contributed by atoms with van der Waals surface area (Å²) in [7, 11) is 1.68. The Kier molecular flexibility index (Phi) is 6.62. The molecule has 96 valence electrons. The van der Waals surface area contributed by atoms with Gasteiger partial charge in [-0.3, -0.25) is 0 Å². The third-order valence-corrected chi connectivity index (χ3v) is 2.43. The lowest BCUT2D eigenvalue weighted by Crippen LogP contribution is -2.31. The smallest absolute Gasteiger partial charge is 0.123 e. The Morgan fingerprint density at radius 3 is 2.65 bits per heavy atom. The maximum Gasteiger partial charge on any atom is 0.123 e. The fourth-order valence-corrected chi connectivity index (χ4v) is 1.56. The van der Waals surface area contributed by atoms with E-state index in [2.05, 4.69) is 16.7 Å². The molecule has 1 atom stereocenters. The minimum Gasteiger partial charge on any atom is -0.496 e. The van der Waals surface area contributed by atoms with Crippen molar-refractivity contribution in [2.45, 2.75) is 19.6 Å². The van der Waals surface area contributed by atoms with Crippen LogP contribution in [0.5, 0.6) is 5.75 Å². The number of hydrogen-bond donors (Lipinski definition) is 3. The summed E-state index contributed by atoms with van der Waals surface area (Å²) in [6.07, 6.45) is -0.288. The summed E-state index contributed by atoms with van der Waals surface area (Å²) in [5.74, 6) is 0.914. The molecule has 0 aliphatic carbocycles. The number of ether oxygens (including phenoxy) is 1. The molecule has 0 bridgehead atoms. The highest BCUT2D eigenvalue weighted by atomic mass is 16.5. The minimum atomic E-state index is -0.288. The maximum atomic E-state index is 9.06. The van der Waals surface area contributed by atoms with Crippen LogP contribution in [-0.4, -0.2) is 38.0 Å². The van der Waals surface area contributed by atoms with Crippen molar-refractivity contribution in [3.05, 3.63) is 29.8 Å². The monoisotopic (exact) mass is 238 g/mol. The van der Waals surface area contributed by atoms with Gasteiger partial charge in [-0.15, -0.1) is 0 Å². The average Bonchev–Trinajstić information content (AvgIpc) is 2.33. The highest BCUT2D eigenvalue weighted by molar-refractivity contribution is 5.32. The van der Waals surface area contributed by atoms with Gasteiger partial charge in [-0.05, 0) is 13.0 Å². The van der Waals surface area contributed by atoms with E-state index in [9.17, 15) is 0 Å². The van der Waals surface area contributed by atoms with Gasteiger partial charge in [-0.25, -0.2) is 0 Å². The molecule has 0 spiro atoms. The molecule has 1 aromatic carbocycles. The van der Waals surface area contributed by atoms with Gasteiger partial charge < -0.3 is 20.5 Å². The van der Waals surface area contributed by atoms with E-state index in [0.29, 0.717) is 6.54 Å². The third kappa shape index (κ3) is 5.68. The van der Waals surface area contributed by atoms with Gasteiger partial charge in [0.15, 0.2) is 0 Å². The Bertz CT molecular complexity index is 316. The van der Waals surface area contributed by atoms with E-state index in [-0.39, 0.29) is 6.10 Å². The molecule has 1 aromatic rings. The van der Waals surface area contributed by atoms with Crippen molar-refractivity contribution in [2.24, 2.45) is 0 Å². The van der Waals surface area contributed by atoms with Crippen LogP contribution >= 0.6 is 0 Å². The van der Waals surface area contributed by atoms with Crippen LogP contribution < -0.4 is 15.4 Å². The van der Waals surface area contributed by atoms with E-state index in [1.165, 1.54) is 0 Å². The van der Waals surface area contributed by atoms with Crippen LogP contribution in [0.1, 0.15) is 12.5 Å². The Hall–Kier alpha value is -1.10. The summed E-state index contributed by atoms with van der Waals surface area (Å²) in [5.41, 5.74) is 1.16. The van der Waals surface area contributed by atoms with Crippen LogP contribution in [0, 0.1) is 0 Å². The SMILES string of the molecule is COc1ccccc1CNCCNC[C@@H](C)O. The van der Waals surface area contributed by atoms with E-state index in [1.54, 1.807) is 14.0 Å². The number of aliphatic hydroxyl groups excluding tert-OH is 1. The molecular weight excluding hydrogens is 216 g/mol. The molecule has 17 heavy (non-hydrogen) atoms. The number of benzene rings is 1. The number of hydrogen-bond acceptors (Lipinski definition) is 4. The molecule has 4 heteroatoms. The first-order valence-corrected chi connectivity index (χ1v) is 5.95. The fraction of sp³-hybridized carbons (Fsp3) is 0.538. The molecule has 0 saturated carbocycles. The molecular formula is C13H22N2O2. The van der Waals surface area contributed by atoms with Crippen LogP contribution in [0.15, 0.2) is 24.3 Å². The normalized spacial score (nSPS) is 12.4. The lowest BCUT2D eigenvalue weighted by Gasteiger charge is -2.10. The number of methoxy groups -OCH3 is 1. The molecule has 0 aliphatic heterocycles. The average molecular weight is 238 g/mol. The van der Waals surface area contributed by atoms with Crippen molar-refractivity contribution in [1.29, 1.82) is 0 Å². The van der Waals surface area contributed by atoms with Gasteiger partial charge >= 0.3 is 0 Å². The van der Waals surface area contributed by atoms with Crippen molar-refractivity contribution < 1.29 is 9.84 Å². The third-order valence-electron chi connectivity index (χ3n) is 2.43. The predicted molar refractivity (Wildman–Crippen MR) is 69.3 cm³/mol. The van der Waals surface area contributed by atoms with Crippen molar-refractivity contribution in [1.82, 2.24) is 10.6 Å². The summed E-state index contributed by atoms with van der Waals surface area (Å²) in [6, 6.07) is 7.98. The Morgan fingerprint density at radius 1 is 1.24 bits per heavy atom. The van der Waals surface area contributed by atoms with Crippen LogP contribution in [0.2, 0.25) is 0 Å². The Labute approximate surface area is 103 Å². The quantitative estimate of drug-likeness (QED) is 0.585. The summed E-state index contributed by atoms with van der Waals surface area (Å²) in [4.78, 5) is 0. The van der Waals surface area contributed by atoms with Crippen LogP contribution in [0.25, 0.3) is 0 Å². The largest absolute Gasteiger partial charge is 0.496 e. The molecule has 3 N–H and O–H groups in total. The Morgan fingerprint density at radius 2 is 1.94 bits per heavy atom. The number of nitrogens with one attached hydrogen (secondary N) is 2. The molecule has 4 nitrogen and oxygen atoms in total. The summed E-state index contributed by atoms with van der Waals surface area (Å²) in [6.45, 7) is 4.91. The summed E-state index contributed by atoms with van der Waals surface area (Å²) >= 11 is 0. The standard InChI is InChI=1S/C13H22N2O2/c1-11(16)9-14-7-8-15-10-12-5-3-4-6-13(12)17-2/h3-6,11,14-16H,7-10H2,1-2H3/t11-/m1/s1. The Balaban J connectivity index is 2.17. The number of para-hydroxylation sites is 1. The lowest BCUT2D eigenvalue weighted by atomic mass is 10.2. The van der Waals surface area contributed by atoms with Crippen LogP contribution in [0.3, 0.4) is 0 Å². The molecule has 0 amide bonds. The van der Waals surface area contributed by atoms with Crippen LogP contribution in [0.4, 0.5) is 0 Å². The summed E-state index contributed by atoms with van der Waals surface area (Å²) in [5, 5.41) is 15.5. The molecule has 0 heterocycles. The second kappa shape index (κ2) is 8.06. The predicted octanol–water partition coefficient (Wildman–Crippen LogP) is 0.755.